The molecule has 0 bridgehead atoms. The fourth-order valence-electron chi connectivity index (χ4n) is 2.02. The zero-order valence-corrected chi connectivity index (χ0v) is 11.5. The molecule has 0 amide bonds. The largest absolute Gasteiger partial charge is 0.396 e. The number of hydrogen-bond donors (Lipinski definition) is 1. The highest BCUT2D eigenvalue weighted by atomic mass is 16.2. The molecule has 0 aromatic heterocycles. The zero-order chi connectivity index (χ0) is 12.8. The molecule has 0 aromatic carbocycles. The van der Waals surface area contributed by atoms with Crippen molar-refractivity contribution in [1.82, 2.24) is 0 Å². The lowest BCUT2D eigenvalue weighted by atomic mass is 10.0. The minimum absolute atomic E-state index is 0.213. The minimum atomic E-state index is 0.213. The summed E-state index contributed by atoms with van der Waals surface area (Å²) in [5.74, 6) is 0.379. The standard InChI is InChI=1S/C15H30O2/c1-2-3-4-5-6-7-8-9-12-15(17)13-10-11-14-16/h16H,2-14H2,1H3. The van der Waals surface area contributed by atoms with E-state index < -0.39 is 0 Å². The second-order valence-corrected chi connectivity index (χ2v) is 4.94. The highest BCUT2D eigenvalue weighted by Gasteiger charge is 2.01. The number of Topliss-reactive ketones (excluding diaryl/α,β-unsaturated/α-hetero) is 1. The zero-order valence-electron chi connectivity index (χ0n) is 11.5. The SMILES string of the molecule is CCCCCCCCCCC(=O)CCCCO. The molecule has 0 spiro atoms. The summed E-state index contributed by atoms with van der Waals surface area (Å²) in [4.78, 5) is 11.4. The second kappa shape index (κ2) is 13.7. The van der Waals surface area contributed by atoms with Gasteiger partial charge in [-0.05, 0) is 19.3 Å². The molecule has 2 nitrogen and oxygen atoms in total. The summed E-state index contributed by atoms with van der Waals surface area (Å²) in [6.45, 7) is 2.45. The summed E-state index contributed by atoms with van der Waals surface area (Å²) in [5.41, 5.74) is 0. The summed E-state index contributed by atoms with van der Waals surface area (Å²) in [5, 5.41) is 8.60. The van der Waals surface area contributed by atoms with Gasteiger partial charge in [-0.25, -0.2) is 0 Å². The van der Waals surface area contributed by atoms with Crippen molar-refractivity contribution >= 4 is 5.78 Å². The smallest absolute Gasteiger partial charge is 0.132 e. The van der Waals surface area contributed by atoms with Gasteiger partial charge < -0.3 is 5.11 Å². The van der Waals surface area contributed by atoms with Gasteiger partial charge in [-0.1, -0.05) is 51.9 Å². The molecule has 0 aliphatic carbocycles. The van der Waals surface area contributed by atoms with Crippen molar-refractivity contribution in [3.8, 4) is 0 Å². The van der Waals surface area contributed by atoms with Gasteiger partial charge in [0.25, 0.3) is 0 Å². The van der Waals surface area contributed by atoms with Crippen LogP contribution in [0.1, 0.15) is 84.0 Å². The first kappa shape index (κ1) is 16.6. The molecule has 17 heavy (non-hydrogen) atoms. The number of rotatable bonds is 13. The number of unbranched alkanes of at least 4 members (excludes halogenated alkanes) is 8. The molecule has 0 saturated heterocycles. The molecule has 0 aliphatic rings. The van der Waals surface area contributed by atoms with Crippen LogP contribution in [0.15, 0.2) is 0 Å². The topological polar surface area (TPSA) is 37.3 Å². The van der Waals surface area contributed by atoms with Crippen LogP contribution in [0.5, 0.6) is 0 Å². The van der Waals surface area contributed by atoms with E-state index in [-0.39, 0.29) is 6.61 Å². The molecule has 0 fully saturated rings. The third-order valence-electron chi connectivity index (χ3n) is 3.17. The van der Waals surface area contributed by atoms with Crippen LogP contribution in [0.25, 0.3) is 0 Å². The number of hydrogen-bond acceptors (Lipinski definition) is 2. The van der Waals surface area contributed by atoms with Gasteiger partial charge in [0.2, 0.25) is 0 Å². The van der Waals surface area contributed by atoms with Crippen LogP contribution in [0.4, 0.5) is 0 Å². The Bertz CT molecular complexity index is 166. The van der Waals surface area contributed by atoms with E-state index in [1.165, 1.54) is 44.9 Å². The summed E-state index contributed by atoms with van der Waals surface area (Å²) < 4.78 is 0. The Morgan fingerprint density at radius 3 is 1.76 bits per heavy atom. The summed E-state index contributed by atoms with van der Waals surface area (Å²) in [6, 6.07) is 0. The van der Waals surface area contributed by atoms with E-state index in [1.807, 2.05) is 0 Å². The number of ketones is 1. The third kappa shape index (κ3) is 13.6. The molecular weight excluding hydrogens is 212 g/mol. The maximum atomic E-state index is 11.4. The van der Waals surface area contributed by atoms with E-state index in [0.29, 0.717) is 12.2 Å². The van der Waals surface area contributed by atoms with Gasteiger partial charge in [0.1, 0.15) is 5.78 Å². The van der Waals surface area contributed by atoms with Crippen molar-refractivity contribution in [2.24, 2.45) is 0 Å². The quantitative estimate of drug-likeness (QED) is 0.490. The van der Waals surface area contributed by atoms with Crippen molar-refractivity contribution in [3.63, 3.8) is 0 Å². The van der Waals surface area contributed by atoms with Crippen LogP contribution in [0.3, 0.4) is 0 Å². The van der Waals surface area contributed by atoms with E-state index in [9.17, 15) is 4.79 Å². The number of aliphatic hydroxyl groups excluding tert-OH is 1. The molecule has 0 radical (unpaired) electrons. The van der Waals surface area contributed by atoms with Crippen LogP contribution in [0.2, 0.25) is 0 Å². The lowest BCUT2D eigenvalue weighted by Gasteiger charge is -2.02. The van der Waals surface area contributed by atoms with Crippen molar-refractivity contribution in [2.75, 3.05) is 6.61 Å². The van der Waals surface area contributed by atoms with Crippen molar-refractivity contribution in [3.05, 3.63) is 0 Å². The number of aliphatic hydroxyl groups is 1. The summed E-state index contributed by atoms with van der Waals surface area (Å²) >= 11 is 0. The average Bonchev–Trinajstić information content (AvgIpc) is 2.33. The van der Waals surface area contributed by atoms with Gasteiger partial charge in [0.15, 0.2) is 0 Å². The molecule has 0 atom stereocenters. The van der Waals surface area contributed by atoms with Gasteiger partial charge in [0, 0.05) is 19.4 Å². The van der Waals surface area contributed by atoms with Gasteiger partial charge in [0.05, 0.1) is 0 Å². The lowest BCUT2D eigenvalue weighted by Crippen LogP contribution is -1.98. The van der Waals surface area contributed by atoms with Crippen molar-refractivity contribution < 1.29 is 9.90 Å². The van der Waals surface area contributed by atoms with E-state index in [4.69, 9.17) is 5.11 Å². The Hall–Kier alpha value is -0.370. The Morgan fingerprint density at radius 2 is 1.24 bits per heavy atom. The van der Waals surface area contributed by atoms with Crippen LogP contribution in [-0.4, -0.2) is 17.5 Å². The van der Waals surface area contributed by atoms with Crippen LogP contribution in [0, 0.1) is 0 Å². The maximum Gasteiger partial charge on any atom is 0.132 e. The Kier molecular flexibility index (Phi) is 13.4. The predicted molar refractivity (Wildman–Crippen MR) is 73.2 cm³/mol. The van der Waals surface area contributed by atoms with Crippen molar-refractivity contribution in [2.45, 2.75) is 84.0 Å². The normalized spacial score (nSPS) is 10.7. The first-order valence-corrected chi connectivity index (χ1v) is 7.43. The average molecular weight is 242 g/mol. The van der Waals surface area contributed by atoms with E-state index in [0.717, 1.165) is 25.7 Å². The van der Waals surface area contributed by atoms with Gasteiger partial charge in [-0.3, -0.25) is 4.79 Å². The maximum absolute atomic E-state index is 11.4. The van der Waals surface area contributed by atoms with Gasteiger partial charge in [-0.2, -0.15) is 0 Å². The molecule has 0 aromatic rings. The Morgan fingerprint density at radius 1 is 0.765 bits per heavy atom. The third-order valence-corrected chi connectivity index (χ3v) is 3.17. The van der Waals surface area contributed by atoms with Crippen LogP contribution >= 0.6 is 0 Å². The molecule has 0 rings (SSSR count). The van der Waals surface area contributed by atoms with Crippen molar-refractivity contribution in [1.29, 1.82) is 0 Å². The summed E-state index contributed by atoms with van der Waals surface area (Å²) in [6.07, 6.45) is 13.3. The first-order valence-electron chi connectivity index (χ1n) is 7.43. The highest BCUT2D eigenvalue weighted by Crippen LogP contribution is 2.10. The van der Waals surface area contributed by atoms with Crippen LogP contribution in [-0.2, 0) is 4.79 Å². The lowest BCUT2D eigenvalue weighted by molar-refractivity contribution is -0.119. The van der Waals surface area contributed by atoms with E-state index in [2.05, 4.69) is 6.92 Å². The highest BCUT2D eigenvalue weighted by molar-refractivity contribution is 5.78. The summed E-state index contributed by atoms with van der Waals surface area (Å²) in [7, 11) is 0. The fraction of sp³-hybridized carbons (Fsp3) is 0.933. The number of carbonyl (C=O) groups is 1. The molecule has 102 valence electrons. The minimum Gasteiger partial charge on any atom is -0.396 e. The fourth-order valence-corrected chi connectivity index (χ4v) is 2.02. The van der Waals surface area contributed by atoms with E-state index >= 15 is 0 Å². The molecule has 0 unspecified atom stereocenters. The van der Waals surface area contributed by atoms with E-state index in [1.54, 1.807) is 0 Å². The molecule has 0 saturated carbocycles. The molecular formula is C15H30O2. The van der Waals surface area contributed by atoms with Crippen LogP contribution < -0.4 is 0 Å². The predicted octanol–water partition coefficient (Wildman–Crippen LogP) is 4.25. The van der Waals surface area contributed by atoms with Gasteiger partial charge >= 0.3 is 0 Å². The Balaban J connectivity index is 3.08. The Labute approximate surface area is 107 Å². The second-order valence-electron chi connectivity index (χ2n) is 4.94. The molecule has 1 N–H and O–H groups in total. The van der Waals surface area contributed by atoms with Gasteiger partial charge in [-0.15, -0.1) is 0 Å². The first-order chi connectivity index (χ1) is 8.31. The monoisotopic (exact) mass is 242 g/mol. The number of carbonyl (C=O) groups excluding carboxylic acids is 1. The molecule has 2 heteroatoms. The molecule has 0 heterocycles. The molecule has 0 aliphatic heterocycles.